The number of hydrogen-bond donors (Lipinski definition) is 2. The van der Waals surface area contributed by atoms with E-state index in [-0.39, 0.29) is 17.2 Å². The molecule has 0 radical (unpaired) electrons. The average Bonchev–Trinajstić information content (AvgIpc) is 3.18. The molecule has 5 nitrogen and oxygen atoms in total. The minimum atomic E-state index is -3.68. The van der Waals surface area contributed by atoms with Crippen LogP contribution in [0.25, 0.3) is 0 Å². The van der Waals surface area contributed by atoms with Crippen LogP contribution in [0.5, 0.6) is 0 Å². The molecule has 0 unspecified atom stereocenters. The highest BCUT2D eigenvalue weighted by molar-refractivity contribution is 7.92. The normalized spacial score (nSPS) is 11.3. The summed E-state index contributed by atoms with van der Waals surface area (Å²) in [5.74, 6) is -0.0718. The number of aryl methyl sites for hydroxylation is 3. The number of carbonyl (C=O) groups excluding carboxylic acids is 1. The summed E-state index contributed by atoms with van der Waals surface area (Å²) in [5.41, 5.74) is 3.98. The molecule has 0 fully saturated rings. The maximum atomic E-state index is 12.8. The van der Waals surface area contributed by atoms with E-state index in [4.69, 9.17) is 0 Å². The Hall–Kier alpha value is -2.64. The number of benzene rings is 2. The van der Waals surface area contributed by atoms with Crippen molar-refractivity contribution in [2.45, 2.75) is 38.6 Å². The van der Waals surface area contributed by atoms with Crippen molar-refractivity contribution in [3.63, 3.8) is 0 Å². The Bertz CT molecular complexity index is 1100. The second kappa shape index (κ2) is 8.80. The number of nitrogens with one attached hydrogen (secondary N) is 2. The lowest BCUT2D eigenvalue weighted by atomic mass is 10.1. The van der Waals surface area contributed by atoms with Crippen LogP contribution >= 0.6 is 11.3 Å². The van der Waals surface area contributed by atoms with Gasteiger partial charge in [-0.15, -0.1) is 11.3 Å². The molecule has 0 aliphatic heterocycles. The van der Waals surface area contributed by atoms with E-state index in [1.54, 1.807) is 48.6 Å². The Morgan fingerprint density at radius 1 is 0.966 bits per heavy atom. The smallest absolute Gasteiger partial charge is 0.262 e. The van der Waals surface area contributed by atoms with E-state index < -0.39 is 10.0 Å². The Morgan fingerprint density at radius 2 is 1.66 bits per heavy atom. The first kappa shape index (κ1) is 21.1. The first-order chi connectivity index (χ1) is 13.7. The monoisotopic (exact) mass is 428 g/mol. The number of thiophene rings is 1. The summed E-state index contributed by atoms with van der Waals surface area (Å²) in [6.07, 6.45) is 0.245. The van der Waals surface area contributed by atoms with Gasteiger partial charge in [-0.3, -0.25) is 9.52 Å². The van der Waals surface area contributed by atoms with Gasteiger partial charge in [0, 0.05) is 10.6 Å². The molecule has 3 aromatic rings. The van der Waals surface area contributed by atoms with E-state index in [0.717, 1.165) is 21.6 Å². The number of rotatable bonds is 7. The molecular formula is C22H24N2O3S2. The standard InChI is InChI=1S/C22H24N2O3S2/c1-15-11-17(3)21(12-16(15)2)29(26,27)24-19-8-6-18(7-9-19)13-22(25)23-14-20-5-4-10-28-20/h4-12,24H,13-14H2,1-3H3,(H,23,25). The van der Waals surface area contributed by atoms with Gasteiger partial charge >= 0.3 is 0 Å². The first-order valence-electron chi connectivity index (χ1n) is 9.23. The van der Waals surface area contributed by atoms with Crippen LogP contribution < -0.4 is 10.0 Å². The van der Waals surface area contributed by atoms with Gasteiger partial charge in [-0.25, -0.2) is 8.42 Å². The minimum Gasteiger partial charge on any atom is -0.351 e. The van der Waals surface area contributed by atoms with Crippen LogP contribution in [0.15, 0.2) is 58.8 Å². The molecule has 152 valence electrons. The van der Waals surface area contributed by atoms with Gasteiger partial charge in [-0.1, -0.05) is 24.3 Å². The molecule has 0 bridgehead atoms. The van der Waals surface area contributed by atoms with Gasteiger partial charge in [0.25, 0.3) is 10.0 Å². The van der Waals surface area contributed by atoms with Crippen molar-refractivity contribution in [2.24, 2.45) is 0 Å². The Balaban J connectivity index is 1.64. The Morgan fingerprint density at radius 3 is 2.31 bits per heavy atom. The van der Waals surface area contributed by atoms with Gasteiger partial charge in [0.1, 0.15) is 0 Å². The van der Waals surface area contributed by atoms with Crippen LogP contribution in [0.4, 0.5) is 5.69 Å². The molecule has 0 saturated heterocycles. The summed E-state index contributed by atoms with van der Waals surface area (Å²) < 4.78 is 28.2. The zero-order valence-corrected chi connectivity index (χ0v) is 18.3. The molecule has 1 amide bonds. The maximum Gasteiger partial charge on any atom is 0.262 e. The highest BCUT2D eigenvalue weighted by Gasteiger charge is 2.18. The predicted molar refractivity (Wildman–Crippen MR) is 118 cm³/mol. The van der Waals surface area contributed by atoms with Gasteiger partial charge in [-0.05, 0) is 72.7 Å². The van der Waals surface area contributed by atoms with Crippen molar-refractivity contribution in [2.75, 3.05) is 4.72 Å². The highest BCUT2D eigenvalue weighted by Crippen LogP contribution is 2.23. The van der Waals surface area contributed by atoms with E-state index in [9.17, 15) is 13.2 Å². The maximum absolute atomic E-state index is 12.8. The molecular weight excluding hydrogens is 404 g/mol. The minimum absolute atomic E-state index is 0.0718. The Labute approximate surface area is 175 Å². The second-order valence-electron chi connectivity index (χ2n) is 7.04. The van der Waals surface area contributed by atoms with E-state index in [2.05, 4.69) is 10.0 Å². The lowest BCUT2D eigenvalue weighted by Crippen LogP contribution is -2.24. The number of amides is 1. The van der Waals surface area contributed by atoms with Crippen molar-refractivity contribution >= 4 is 33.0 Å². The molecule has 1 aromatic heterocycles. The third kappa shape index (κ3) is 5.46. The fourth-order valence-electron chi connectivity index (χ4n) is 2.97. The largest absolute Gasteiger partial charge is 0.351 e. The van der Waals surface area contributed by atoms with Crippen molar-refractivity contribution in [3.8, 4) is 0 Å². The third-order valence-corrected chi connectivity index (χ3v) is 7.09. The molecule has 0 aliphatic carbocycles. The molecule has 0 spiro atoms. The SMILES string of the molecule is Cc1cc(C)c(S(=O)(=O)Nc2ccc(CC(=O)NCc3cccs3)cc2)cc1C. The predicted octanol–water partition coefficient (Wildman–Crippen LogP) is 4.33. The molecule has 29 heavy (non-hydrogen) atoms. The molecule has 3 rings (SSSR count). The molecule has 1 heterocycles. The third-order valence-electron chi connectivity index (χ3n) is 4.69. The van der Waals surface area contributed by atoms with E-state index in [1.165, 1.54) is 0 Å². The molecule has 7 heteroatoms. The number of carbonyl (C=O) groups is 1. The molecule has 0 atom stereocenters. The van der Waals surface area contributed by atoms with Crippen molar-refractivity contribution in [1.82, 2.24) is 5.32 Å². The number of anilines is 1. The summed E-state index contributed by atoms with van der Waals surface area (Å²) in [7, 11) is -3.68. The molecule has 2 N–H and O–H groups in total. The summed E-state index contributed by atoms with van der Waals surface area (Å²) >= 11 is 1.60. The summed E-state index contributed by atoms with van der Waals surface area (Å²) in [5, 5.41) is 4.86. The summed E-state index contributed by atoms with van der Waals surface area (Å²) in [4.78, 5) is 13.5. The van der Waals surface area contributed by atoms with Crippen LogP contribution in [0, 0.1) is 20.8 Å². The van der Waals surface area contributed by atoms with Gasteiger partial charge in [0.05, 0.1) is 17.9 Å². The molecule has 2 aromatic carbocycles. The second-order valence-corrected chi connectivity index (χ2v) is 9.72. The van der Waals surface area contributed by atoms with Gasteiger partial charge in [0.15, 0.2) is 0 Å². The summed E-state index contributed by atoms with van der Waals surface area (Å²) in [6.45, 7) is 6.16. The van der Waals surface area contributed by atoms with Crippen LogP contribution in [0.1, 0.15) is 27.1 Å². The van der Waals surface area contributed by atoms with Gasteiger partial charge in [-0.2, -0.15) is 0 Å². The average molecular weight is 429 g/mol. The lowest BCUT2D eigenvalue weighted by Gasteiger charge is -2.13. The number of hydrogen-bond acceptors (Lipinski definition) is 4. The van der Waals surface area contributed by atoms with Crippen LogP contribution in [-0.2, 0) is 27.8 Å². The summed E-state index contributed by atoms with van der Waals surface area (Å²) in [6, 6.07) is 14.4. The van der Waals surface area contributed by atoms with Crippen molar-refractivity contribution < 1.29 is 13.2 Å². The van der Waals surface area contributed by atoms with Crippen molar-refractivity contribution in [3.05, 3.63) is 81.0 Å². The highest BCUT2D eigenvalue weighted by atomic mass is 32.2. The lowest BCUT2D eigenvalue weighted by molar-refractivity contribution is -0.120. The van der Waals surface area contributed by atoms with Crippen LogP contribution in [0.3, 0.4) is 0 Å². The van der Waals surface area contributed by atoms with E-state index in [1.807, 2.05) is 37.4 Å². The quantitative estimate of drug-likeness (QED) is 0.588. The zero-order valence-electron chi connectivity index (χ0n) is 16.7. The Kier molecular flexibility index (Phi) is 6.39. The number of sulfonamides is 1. The van der Waals surface area contributed by atoms with Gasteiger partial charge < -0.3 is 5.32 Å². The van der Waals surface area contributed by atoms with Gasteiger partial charge in [0.2, 0.25) is 5.91 Å². The van der Waals surface area contributed by atoms with Crippen LogP contribution in [0.2, 0.25) is 0 Å². The van der Waals surface area contributed by atoms with Crippen LogP contribution in [-0.4, -0.2) is 14.3 Å². The topological polar surface area (TPSA) is 75.3 Å². The molecule has 0 saturated carbocycles. The zero-order chi connectivity index (χ0) is 21.0. The fraction of sp³-hybridized carbons (Fsp3) is 0.227. The molecule has 0 aliphatic rings. The van der Waals surface area contributed by atoms with Crippen molar-refractivity contribution in [1.29, 1.82) is 0 Å². The van der Waals surface area contributed by atoms with E-state index >= 15 is 0 Å². The fourth-order valence-corrected chi connectivity index (χ4v) is 4.99. The first-order valence-corrected chi connectivity index (χ1v) is 11.6. The van der Waals surface area contributed by atoms with E-state index in [0.29, 0.717) is 17.8 Å².